The number of aliphatic imine (C=N–C) groups is 1. The molecule has 0 spiro atoms. The zero-order valence-corrected chi connectivity index (χ0v) is 9.58. The maximum Gasteiger partial charge on any atom is 0.171 e. The van der Waals surface area contributed by atoms with Gasteiger partial charge in [0.25, 0.3) is 0 Å². The number of amidine groups is 2. The average Bonchev–Trinajstić information content (AvgIpc) is 2.86. The van der Waals surface area contributed by atoms with Crippen molar-refractivity contribution in [2.45, 2.75) is 25.3 Å². The summed E-state index contributed by atoms with van der Waals surface area (Å²) in [5.41, 5.74) is 1.27. The molecule has 0 radical (unpaired) electrons. The number of benzene rings is 1. The first-order valence-corrected chi connectivity index (χ1v) is 5.98. The van der Waals surface area contributed by atoms with Crippen LogP contribution in [0, 0.1) is 0 Å². The second-order valence-electron chi connectivity index (χ2n) is 4.47. The van der Waals surface area contributed by atoms with Crippen molar-refractivity contribution < 1.29 is 5.21 Å². The Hall–Kier alpha value is -1.84. The number of hydrogen-bond donors (Lipinski definition) is 1. The molecule has 0 saturated carbocycles. The lowest BCUT2D eigenvalue weighted by atomic mass is 10.0. The van der Waals surface area contributed by atoms with E-state index in [2.05, 4.69) is 27.2 Å². The fraction of sp³-hybridized carbons (Fsp3) is 0.385. The van der Waals surface area contributed by atoms with Crippen LogP contribution in [0.15, 0.2) is 40.5 Å². The molecule has 1 fully saturated rings. The summed E-state index contributed by atoms with van der Waals surface area (Å²) in [7, 11) is 0. The molecule has 2 heterocycles. The molecule has 1 saturated heterocycles. The maximum absolute atomic E-state index is 8.94. The van der Waals surface area contributed by atoms with Crippen molar-refractivity contribution in [1.29, 1.82) is 0 Å². The summed E-state index contributed by atoms with van der Waals surface area (Å²) in [6, 6.07) is 10.6. The first-order chi connectivity index (χ1) is 8.38. The Morgan fingerprint density at radius 3 is 2.88 bits per heavy atom. The monoisotopic (exact) mass is 229 g/mol. The van der Waals surface area contributed by atoms with Crippen LogP contribution in [0.25, 0.3) is 0 Å². The van der Waals surface area contributed by atoms with Crippen molar-refractivity contribution in [3.63, 3.8) is 0 Å². The van der Waals surface area contributed by atoms with Crippen LogP contribution in [0.2, 0.25) is 0 Å². The summed E-state index contributed by atoms with van der Waals surface area (Å²) in [5.74, 6) is 1.62. The van der Waals surface area contributed by atoms with Crippen LogP contribution in [-0.4, -0.2) is 28.3 Å². The first-order valence-electron chi connectivity index (χ1n) is 5.98. The van der Waals surface area contributed by atoms with Gasteiger partial charge in [-0.1, -0.05) is 35.5 Å². The Bertz CT molecular complexity index is 467. The summed E-state index contributed by atoms with van der Waals surface area (Å²) in [6.45, 7) is 1.05. The van der Waals surface area contributed by atoms with Gasteiger partial charge in [-0.3, -0.25) is 0 Å². The van der Waals surface area contributed by atoms with Crippen LogP contribution in [0.4, 0.5) is 0 Å². The molecular weight excluding hydrogens is 214 g/mol. The molecule has 17 heavy (non-hydrogen) atoms. The van der Waals surface area contributed by atoms with Crippen molar-refractivity contribution in [1.82, 2.24) is 4.90 Å². The van der Waals surface area contributed by atoms with E-state index in [1.165, 1.54) is 5.56 Å². The fourth-order valence-electron chi connectivity index (χ4n) is 2.65. The van der Waals surface area contributed by atoms with Gasteiger partial charge in [0, 0.05) is 19.4 Å². The molecule has 3 rings (SSSR count). The summed E-state index contributed by atoms with van der Waals surface area (Å²) in [6.07, 6.45) is 2.81. The maximum atomic E-state index is 8.94. The van der Waals surface area contributed by atoms with Gasteiger partial charge in [0.05, 0.1) is 6.04 Å². The van der Waals surface area contributed by atoms with E-state index in [1.54, 1.807) is 0 Å². The Balaban J connectivity index is 1.98. The molecule has 2 aliphatic rings. The second kappa shape index (κ2) is 4.20. The van der Waals surface area contributed by atoms with E-state index in [4.69, 9.17) is 5.21 Å². The van der Waals surface area contributed by atoms with Crippen molar-refractivity contribution in [3.8, 4) is 0 Å². The Morgan fingerprint density at radius 2 is 2.12 bits per heavy atom. The van der Waals surface area contributed by atoms with E-state index in [1.807, 2.05) is 18.2 Å². The predicted octanol–water partition coefficient (Wildman–Crippen LogP) is 2.41. The third kappa shape index (κ3) is 1.79. The molecule has 0 aliphatic carbocycles. The fourth-order valence-corrected chi connectivity index (χ4v) is 2.65. The molecule has 0 aromatic heterocycles. The van der Waals surface area contributed by atoms with Crippen molar-refractivity contribution in [2.75, 3.05) is 6.54 Å². The van der Waals surface area contributed by atoms with E-state index in [-0.39, 0.29) is 6.04 Å². The average molecular weight is 229 g/mol. The van der Waals surface area contributed by atoms with Crippen LogP contribution in [0.5, 0.6) is 0 Å². The molecule has 1 atom stereocenters. The summed E-state index contributed by atoms with van der Waals surface area (Å²) in [4.78, 5) is 6.72. The Morgan fingerprint density at radius 1 is 1.29 bits per heavy atom. The standard InChI is InChI=1S/C13H15N3O/c17-15-12-9-11(10-5-2-1-3-6-10)16-8-4-7-13(16)14-12/h1-3,5-6,11,17H,4,7-9H2/b15-12-. The number of oxime groups is 1. The highest BCUT2D eigenvalue weighted by atomic mass is 16.4. The van der Waals surface area contributed by atoms with E-state index in [0.717, 1.165) is 25.2 Å². The van der Waals surface area contributed by atoms with Gasteiger partial charge in [-0.25, -0.2) is 4.99 Å². The van der Waals surface area contributed by atoms with Crippen LogP contribution in [-0.2, 0) is 0 Å². The van der Waals surface area contributed by atoms with E-state index in [9.17, 15) is 0 Å². The molecule has 1 unspecified atom stereocenters. The van der Waals surface area contributed by atoms with Crippen LogP contribution in [0.3, 0.4) is 0 Å². The largest absolute Gasteiger partial charge is 0.409 e. The van der Waals surface area contributed by atoms with E-state index in [0.29, 0.717) is 12.3 Å². The topological polar surface area (TPSA) is 48.2 Å². The lowest BCUT2D eigenvalue weighted by Gasteiger charge is -2.33. The van der Waals surface area contributed by atoms with E-state index >= 15 is 0 Å². The minimum Gasteiger partial charge on any atom is -0.409 e. The summed E-state index contributed by atoms with van der Waals surface area (Å²) in [5, 5.41) is 12.2. The molecule has 2 aliphatic heterocycles. The Kier molecular flexibility index (Phi) is 2.55. The molecule has 4 heteroatoms. The van der Waals surface area contributed by atoms with Crippen LogP contribution in [0.1, 0.15) is 30.9 Å². The number of fused-ring (bicyclic) bond motifs is 1. The molecule has 1 aromatic carbocycles. The molecule has 0 amide bonds. The third-order valence-corrected chi connectivity index (χ3v) is 3.44. The molecule has 0 bridgehead atoms. The third-order valence-electron chi connectivity index (χ3n) is 3.44. The molecular formula is C13H15N3O. The van der Waals surface area contributed by atoms with Gasteiger partial charge in [-0.15, -0.1) is 0 Å². The minimum atomic E-state index is 0.275. The van der Waals surface area contributed by atoms with Gasteiger partial charge in [0.2, 0.25) is 0 Å². The molecule has 1 aromatic rings. The van der Waals surface area contributed by atoms with Crippen LogP contribution < -0.4 is 0 Å². The first kappa shape index (κ1) is 10.3. The van der Waals surface area contributed by atoms with E-state index < -0.39 is 0 Å². The van der Waals surface area contributed by atoms with Crippen molar-refractivity contribution in [2.24, 2.45) is 10.1 Å². The predicted molar refractivity (Wildman–Crippen MR) is 66.4 cm³/mol. The van der Waals surface area contributed by atoms with Gasteiger partial charge in [-0.05, 0) is 12.0 Å². The lowest BCUT2D eigenvalue weighted by Crippen LogP contribution is -2.35. The Labute approximate surface area is 100 Å². The highest BCUT2D eigenvalue weighted by Crippen LogP contribution is 2.33. The number of hydrogen-bond acceptors (Lipinski definition) is 3. The van der Waals surface area contributed by atoms with Gasteiger partial charge in [0.15, 0.2) is 5.84 Å². The summed E-state index contributed by atoms with van der Waals surface area (Å²) < 4.78 is 0. The summed E-state index contributed by atoms with van der Waals surface area (Å²) >= 11 is 0. The van der Waals surface area contributed by atoms with Gasteiger partial charge in [-0.2, -0.15) is 0 Å². The van der Waals surface area contributed by atoms with Gasteiger partial charge in [0.1, 0.15) is 5.84 Å². The minimum absolute atomic E-state index is 0.275. The number of rotatable bonds is 1. The zero-order chi connectivity index (χ0) is 11.7. The highest BCUT2D eigenvalue weighted by molar-refractivity contribution is 6.00. The van der Waals surface area contributed by atoms with Gasteiger partial charge < -0.3 is 10.1 Å². The number of nitrogens with zero attached hydrogens (tertiary/aromatic N) is 3. The normalized spacial score (nSPS) is 25.9. The quantitative estimate of drug-likeness (QED) is 0.594. The molecule has 88 valence electrons. The van der Waals surface area contributed by atoms with Crippen molar-refractivity contribution in [3.05, 3.63) is 35.9 Å². The molecule has 1 N–H and O–H groups in total. The van der Waals surface area contributed by atoms with Gasteiger partial charge >= 0.3 is 0 Å². The van der Waals surface area contributed by atoms with Crippen LogP contribution >= 0.6 is 0 Å². The highest BCUT2D eigenvalue weighted by Gasteiger charge is 2.32. The smallest absolute Gasteiger partial charge is 0.171 e. The SMILES string of the molecule is O/N=C1/CC(c2ccccc2)N2CCCC2=N1. The zero-order valence-electron chi connectivity index (χ0n) is 9.58. The second-order valence-corrected chi connectivity index (χ2v) is 4.47. The lowest BCUT2D eigenvalue weighted by molar-refractivity contribution is 0.303. The molecule has 4 nitrogen and oxygen atoms in total. The van der Waals surface area contributed by atoms with Crippen molar-refractivity contribution >= 4 is 11.7 Å².